The van der Waals surface area contributed by atoms with Gasteiger partial charge in [-0.05, 0) is 43.7 Å². The van der Waals surface area contributed by atoms with Gasteiger partial charge in [0.25, 0.3) is 0 Å². The Labute approximate surface area is 207 Å². The molecule has 0 heterocycles. The van der Waals surface area contributed by atoms with E-state index in [9.17, 15) is 0 Å². The van der Waals surface area contributed by atoms with Crippen LogP contribution in [0.4, 0.5) is 0 Å². The Morgan fingerprint density at radius 2 is 1.31 bits per heavy atom. The molecule has 0 fully saturated rings. The maximum atomic E-state index is 6.56. The maximum Gasteiger partial charge on any atom is 0.200 e. The number of rotatable bonds is 15. The van der Waals surface area contributed by atoms with Crippen molar-refractivity contribution in [2.75, 3.05) is 13.1 Å². The van der Waals surface area contributed by atoms with E-state index < -0.39 is 0 Å². The van der Waals surface area contributed by atoms with Gasteiger partial charge in [-0.25, -0.2) is 0 Å². The normalized spacial score (nSPS) is 12.7. The van der Waals surface area contributed by atoms with Crippen LogP contribution in [-0.4, -0.2) is 21.6 Å². The summed E-state index contributed by atoms with van der Waals surface area (Å²) < 4.78 is 0.934. The van der Waals surface area contributed by atoms with Crippen molar-refractivity contribution >= 4 is 57.4 Å². The van der Waals surface area contributed by atoms with Gasteiger partial charge in [0.15, 0.2) is 0 Å². The van der Waals surface area contributed by atoms with Crippen LogP contribution in [0.25, 0.3) is 0 Å². The molecule has 164 valence electrons. The molecule has 1 aromatic carbocycles. The van der Waals surface area contributed by atoms with Crippen molar-refractivity contribution in [3.05, 3.63) is 32.8 Å². The number of hydrogen-bond donors (Lipinski definition) is 0. The zero-order chi connectivity index (χ0) is 21.7. The number of terminal acetylenes is 1. The lowest BCUT2D eigenvalue weighted by atomic mass is 10.1. The van der Waals surface area contributed by atoms with Gasteiger partial charge in [-0.15, -0.1) is 6.42 Å². The number of alkyl halides is 1. The van der Waals surface area contributed by atoms with Gasteiger partial charge in [0.05, 0.1) is 23.1 Å². The first-order valence-electron chi connectivity index (χ1n) is 11.0. The molecule has 0 aliphatic rings. The fourth-order valence-electron chi connectivity index (χ4n) is 3.83. The van der Waals surface area contributed by atoms with Crippen LogP contribution in [0.5, 0.6) is 0 Å². The summed E-state index contributed by atoms with van der Waals surface area (Å²) in [6, 6.07) is 3.58. The number of halogens is 4. The lowest BCUT2D eigenvalue weighted by molar-refractivity contribution is -0.940. The summed E-state index contributed by atoms with van der Waals surface area (Å²) >= 11 is 21.7. The molecule has 0 aliphatic carbocycles. The summed E-state index contributed by atoms with van der Waals surface area (Å²) in [5.41, 5.74) is 0.969. The monoisotopic (exact) mass is 570 g/mol. The molecule has 1 atom stereocenters. The van der Waals surface area contributed by atoms with Crippen LogP contribution < -0.4 is 0 Å². The fourth-order valence-corrected chi connectivity index (χ4v) is 5.52. The van der Waals surface area contributed by atoms with E-state index in [1.165, 1.54) is 64.2 Å². The molecule has 0 aliphatic heterocycles. The second-order valence-electron chi connectivity index (χ2n) is 8.00. The van der Waals surface area contributed by atoms with Gasteiger partial charge >= 0.3 is 0 Å². The molecule has 0 N–H and O–H groups in total. The van der Waals surface area contributed by atoms with Crippen molar-refractivity contribution in [2.45, 2.75) is 88.6 Å². The van der Waals surface area contributed by atoms with Crippen LogP contribution in [-0.2, 0) is 6.54 Å². The van der Waals surface area contributed by atoms with Crippen LogP contribution in [0.1, 0.15) is 83.6 Å². The average molecular weight is 572 g/mol. The number of quaternary nitrogens is 1. The second-order valence-corrected chi connectivity index (χ2v) is 10.4. The fraction of sp³-hybridized carbons (Fsp3) is 0.667. The molecule has 5 heteroatoms. The third-order valence-corrected chi connectivity index (χ3v) is 8.05. The zero-order valence-electron chi connectivity index (χ0n) is 18.0. The first kappa shape index (κ1) is 27.4. The predicted octanol–water partition coefficient (Wildman–Crippen LogP) is 9.30. The van der Waals surface area contributed by atoms with E-state index in [0.29, 0.717) is 15.1 Å². The molecular weight excluding hydrogens is 536 g/mol. The molecule has 0 spiro atoms. The Hall–Kier alpha value is 0.340. The lowest BCUT2D eigenvalue weighted by Crippen LogP contribution is -2.53. The first-order chi connectivity index (χ1) is 13.9. The Balaban J connectivity index is 3.06. The van der Waals surface area contributed by atoms with E-state index >= 15 is 0 Å². The average Bonchev–Trinajstić information content (AvgIpc) is 2.69. The Morgan fingerprint density at radius 1 is 0.862 bits per heavy atom. The zero-order valence-corrected chi connectivity index (χ0v) is 22.4. The molecule has 1 rings (SSSR count). The quantitative estimate of drug-likeness (QED) is 0.0491. The van der Waals surface area contributed by atoms with Gasteiger partial charge < -0.3 is 0 Å². The third kappa shape index (κ3) is 9.56. The molecule has 1 unspecified atom stereocenters. The molecular formula is C24H36Cl3IN+. The molecule has 1 aromatic rings. The van der Waals surface area contributed by atoms with E-state index in [1.54, 1.807) is 12.1 Å². The molecule has 29 heavy (non-hydrogen) atoms. The Kier molecular flexibility index (Phi) is 14.3. The van der Waals surface area contributed by atoms with Crippen molar-refractivity contribution in [3.63, 3.8) is 0 Å². The predicted molar refractivity (Wildman–Crippen MR) is 139 cm³/mol. The van der Waals surface area contributed by atoms with Crippen LogP contribution in [0, 0.1) is 12.3 Å². The SMILES string of the molecule is C#CC(I)[N+](CCCCCCC)(CCCCCCC)Cc1c(Cl)cc(Cl)cc1Cl. The minimum atomic E-state index is 0.0905. The standard InChI is InChI=1S/C24H36Cl3IN/c1-4-7-9-11-13-15-29(24(28)6-3,16-14-12-10-8-5-2)19-21-22(26)17-20(25)18-23(21)27/h3,17-18,24H,4-5,7-16,19H2,1-2H3/q+1. The molecule has 0 aromatic heterocycles. The Morgan fingerprint density at radius 3 is 1.72 bits per heavy atom. The van der Waals surface area contributed by atoms with Crippen molar-refractivity contribution in [1.82, 2.24) is 0 Å². The van der Waals surface area contributed by atoms with Gasteiger partial charge in [-0.3, -0.25) is 4.48 Å². The maximum absolute atomic E-state index is 6.56. The summed E-state index contributed by atoms with van der Waals surface area (Å²) in [4.78, 5) is 0. The molecule has 0 bridgehead atoms. The molecule has 0 saturated heterocycles. The molecule has 0 saturated carbocycles. The van der Waals surface area contributed by atoms with E-state index in [2.05, 4.69) is 42.4 Å². The van der Waals surface area contributed by atoms with E-state index in [1.807, 2.05) is 0 Å². The summed E-state index contributed by atoms with van der Waals surface area (Å²) in [5.74, 6) is 3.03. The van der Waals surface area contributed by atoms with Crippen LogP contribution in [0.3, 0.4) is 0 Å². The summed E-state index contributed by atoms with van der Waals surface area (Å²) in [6.07, 6.45) is 18.5. The number of unbranched alkanes of at least 4 members (excludes halogenated alkanes) is 8. The number of benzene rings is 1. The summed E-state index contributed by atoms with van der Waals surface area (Å²) in [6.45, 7) is 7.38. The minimum Gasteiger partial charge on any atom is -0.299 e. The largest absolute Gasteiger partial charge is 0.299 e. The molecule has 1 nitrogen and oxygen atoms in total. The molecule has 0 amide bonds. The van der Waals surface area contributed by atoms with Gasteiger partial charge in [-0.1, -0.05) is 87.2 Å². The highest BCUT2D eigenvalue weighted by molar-refractivity contribution is 14.1. The number of nitrogens with zero attached hydrogens (tertiary/aromatic N) is 1. The highest BCUT2D eigenvalue weighted by atomic mass is 127. The second kappa shape index (κ2) is 15.2. The summed E-state index contributed by atoms with van der Waals surface area (Å²) in [7, 11) is 0. The Bertz CT molecular complexity index is 604. The van der Waals surface area contributed by atoms with Crippen molar-refractivity contribution < 1.29 is 4.48 Å². The van der Waals surface area contributed by atoms with Gasteiger partial charge in [0, 0.05) is 33.2 Å². The van der Waals surface area contributed by atoms with Crippen molar-refractivity contribution in [3.8, 4) is 12.3 Å². The topological polar surface area (TPSA) is 0 Å². The van der Waals surface area contributed by atoms with E-state index in [0.717, 1.165) is 29.7 Å². The highest BCUT2D eigenvalue weighted by Crippen LogP contribution is 2.35. The third-order valence-electron chi connectivity index (χ3n) is 5.61. The minimum absolute atomic E-state index is 0.0905. The summed E-state index contributed by atoms with van der Waals surface area (Å²) in [5, 5.41) is 1.86. The van der Waals surface area contributed by atoms with Crippen LogP contribution >= 0.6 is 57.4 Å². The van der Waals surface area contributed by atoms with E-state index in [-0.39, 0.29) is 4.05 Å². The highest BCUT2D eigenvalue weighted by Gasteiger charge is 2.35. The molecule has 0 radical (unpaired) electrons. The van der Waals surface area contributed by atoms with Gasteiger partial charge in [0.1, 0.15) is 6.54 Å². The first-order valence-corrected chi connectivity index (χ1v) is 13.4. The number of hydrogen-bond acceptors (Lipinski definition) is 0. The smallest absolute Gasteiger partial charge is 0.200 e. The lowest BCUT2D eigenvalue weighted by Gasteiger charge is -2.41. The van der Waals surface area contributed by atoms with Crippen molar-refractivity contribution in [2.24, 2.45) is 0 Å². The van der Waals surface area contributed by atoms with Crippen LogP contribution in [0.2, 0.25) is 15.1 Å². The van der Waals surface area contributed by atoms with E-state index in [4.69, 9.17) is 41.2 Å². The van der Waals surface area contributed by atoms with Crippen LogP contribution in [0.15, 0.2) is 12.1 Å². The van der Waals surface area contributed by atoms with Gasteiger partial charge in [0.2, 0.25) is 4.05 Å². The van der Waals surface area contributed by atoms with Crippen molar-refractivity contribution in [1.29, 1.82) is 0 Å². The van der Waals surface area contributed by atoms with Gasteiger partial charge in [-0.2, -0.15) is 0 Å².